The topological polar surface area (TPSA) is 133 Å². The van der Waals surface area contributed by atoms with Gasteiger partial charge < -0.3 is 24.4 Å². The van der Waals surface area contributed by atoms with Gasteiger partial charge in [-0.25, -0.2) is 0 Å². The van der Waals surface area contributed by atoms with E-state index in [0.717, 1.165) is 0 Å². The molecule has 0 spiro atoms. The van der Waals surface area contributed by atoms with E-state index in [1.165, 1.54) is 44.4 Å². The number of pyridine rings is 1. The Bertz CT molecular complexity index is 1330. The number of aromatic nitrogens is 1. The number of hydrogen-bond acceptors (Lipinski definition) is 8. The predicted molar refractivity (Wildman–Crippen MR) is 130 cm³/mol. The van der Waals surface area contributed by atoms with Gasteiger partial charge in [-0.2, -0.15) is 0 Å². The fourth-order valence-corrected chi connectivity index (χ4v) is 4.42. The van der Waals surface area contributed by atoms with Crippen LogP contribution in [0.25, 0.3) is 0 Å². The van der Waals surface area contributed by atoms with E-state index < -0.39 is 22.8 Å². The lowest BCUT2D eigenvalue weighted by Crippen LogP contribution is -2.44. The third-order valence-corrected chi connectivity index (χ3v) is 6.13. The molecule has 0 unspecified atom stereocenters. The van der Waals surface area contributed by atoms with Crippen LogP contribution in [0.3, 0.4) is 0 Å². The van der Waals surface area contributed by atoms with Crippen molar-refractivity contribution >= 4 is 23.2 Å². The molecule has 2 amide bonds. The number of carbonyl (C=O) groups is 2. The first kappa shape index (κ1) is 24.5. The molecule has 2 heterocycles. The minimum Gasteiger partial charge on any atom is -0.495 e. The zero-order valence-corrected chi connectivity index (χ0v) is 20.1. The van der Waals surface area contributed by atoms with E-state index >= 15 is 0 Å². The fourth-order valence-electron chi connectivity index (χ4n) is 4.42. The number of methoxy groups -OCH3 is 3. The maximum absolute atomic E-state index is 13.9. The molecule has 0 fully saturated rings. The van der Waals surface area contributed by atoms with Gasteiger partial charge in [0.15, 0.2) is 11.5 Å². The molecule has 4 rings (SSSR count). The zero-order valence-electron chi connectivity index (χ0n) is 20.1. The second-order valence-corrected chi connectivity index (χ2v) is 8.05. The SMILES string of the molecule is COc1ccc([N+](=O)[O-])cc1NC(=O)[C@@H]1c2cc(OC)c(OC)cc2C(=O)N(C)[C@@H]1c1cccnc1. The molecule has 2 atom stereocenters. The van der Waals surface area contributed by atoms with Crippen LogP contribution in [0.2, 0.25) is 0 Å². The molecule has 1 aliphatic heterocycles. The van der Waals surface area contributed by atoms with E-state index in [1.54, 1.807) is 43.7 Å². The van der Waals surface area contributed by atoms with Gasteiger partial charge in [0.2, 0.25) is 5.91 Å². The second-order valence-electron chi connectivity index (χ2n) is 8.05. The number of nitro benzene ring substituents is 1. The van der Waals surface area contributed by atoms with Gasteiger partial charge in [-0.05, 0) is 35.4 Å². The van der Waals surface area contributed by atoms with Gasteiger partial charge in [0.1, 0.15) is 5.75 Å². The number of rotatable bonds is 7. The van der Waals surface area contributed by atoms with Crippen LogP contribution >= 0.6 is 0 Å². The van der Waals surface area contributed by atoms with Crippen LogP contribution in [-0.4, -0.2) is 55.0 Å². The molecule has 0 aliphatic carbocycles. The lowest BCUT2D eigenvalue weighted by atomic mass is 9.79. The van der Waals surface area contributed by atoms with Crippen molar-refractivity contribution in [3.63, 3.8) is 0 Å². The van der Waals surface area contributed by atoms with Gasteiger partial charge in [0.05, 0.1) is 43.9 Å². The number of ether oxygens (including phenoxy) is 3. The molecule has 186 valence electrons. The smallest absolute Gasteiger partial charge is 0.271 e. The summed E-state index contributed by atoms with van der Waals surface area (Å²) in [6.45, 7) is 0. The Morgan fingerprint density at radius 1 is 1.06 bits per heavy atom. The number of amides is 2. The average Bonchev–Trinajstić information content (AvgIpc) is 2.90. The number of nitrogens with zero attached hydrogens (tertiary/aromatic N) is 3. The number of non-ortho nitro benzene ring substituents is 1. The van der Waals surface area contributed by atoms with Crippen molar-refractivity contribution in [3.8, 4) is 17.2 Å². The third kappa shape index (κ3) is 4.26. The number of carbonyl (C=O) groups excluding carboxylic acids is 2. The highest BCUT2D eigenvalue weighted by molar-refractivity contribution is 6.05. The van der Waals surface area contributed by atoms with E-state index in [0.29, 0.717) is 22.6 Å². The number of nitrogens with one attached hydrogen (secondary N) is 1. The lowest BCUT2D eigenvalue weighted by Gasteiger charge is -2.40. The Kier molecular flexibility index (Phi) is 6.73. The van der Waals surface area contributed by atoms with Crippen molar-refractivity contribution in [2.75, 3.05) is 33.7 Å². The third-order valence-electron chi connectivity index (χ3n) is 6.13. The Morgan fingerprint density at radius 3 is 2.36 bits per heavy atom. The Hall–Kier alpha value is -4.67. The summed E-state index contributed by atoms with van der Waals surface area (Å²) in [5.41, 5.74) is 1.26. The van der Waals surface area contributed by atoms with Crippen molar-refractivity contribution in [2.45, 2.75) is 12.0 Å². The molecule has 0 saturated heterocycles. The minimum atomic E-state index is -0.921. The second kappa shape index (κ2) is 9.90. The van der Waals surface area contributed by atoms with Gasteiger partial charge >= 0.3 is 0 Å². The summed E-state index contributed by atoms with van der Waals surface area (Å²) in [6, 6.07) is 9.84. The molecule has 0 radical (unpaired) electrons. The highest BCUT2D eigenvalue weighted by atomic mass is 16.6. The molecule has 1 N–H and O–H groups in total. The first-order chi connectivity index (χ1) is 17.3. The average molecular weight is 492 g/mol. The molecule has 3 aromatic rings. The van der Waals surface area contributed by atoms with Gasteiger partial charge in [-0.15, -0.1) is 0 Å². The van der Waals surface area contributed by atoms with E-state index in [1.807, 2.05) is 0 Å². The summed E-state index contributed by atoms with van der Waals surface area (Å²) >= 11 is 0. The number of hydrogen-bond donors (Lipinski definition) is 1. The van der Waals surface area contributed by atoms with Crippen LogP contribution in [-0.2, 0) is 4.79 Å². The maximum atomic E-state index is 13.9. The van der Waals surface area contributed by atoms with Crippen LogP contribution in [0.15, 0.2) is 54.9 Å². The summed E-state index contributed by atoms with van der Waals surface area (Å²) < 4.78 is 16.1. The van der Waals surface area contributed by atoms with E-state index in [-0.39, 0.29) is 28.6 Å². The lowest BCUT2D eigenvalue weighted by molar-refractivity contribution is -0.384. The van der Waals surface area contributed by atoms with E-state index in [2.05, 4.69) is 10.3 Å². The Balaban J connectivity index is 1.88. The molecular weight excluding hydrogens is 468 g/mol. The largest absolute Gasteiger partial charge is 0.495 e. The first-order valence-corrected chi connectivity index (χ1v) is 10.9. The van der Waals surface area contributed by atoms with Gasteiger partial charge in [-0.1, -0.05) is 6.07 Å². The first-order valence-electron chi connectivity index (χ1n) is 10.9. The molecule has 2 aromatic carbocycles. The summed E-state index contributed by atoms with van der Waals surface area (Å²) in [6.07, 6.45) is 3.19. The minimum absolute atomic E-state index is 0.128. The number of anilines is 1. The van der Waals surface area contributed by atoms with Gasteiger partial charge in [-0.3, -0.25) is 24.7 Å². The Morgan fingerprint density at radius 2 is 1.75 bits per heavy atom. The van der Waals surface area contributed by atoms with Crippen LogP contribution in [0.5, 0.6) is 17.2 Å². The van der Waals surface area contributed by atoms with E-state index in [4.69, 9.17) is 14.2 Å². The molecular formula is C25H24N4O7. The quantitative estimate of drug-likeness (QED) is 0.391. The van der Waals surface area contributed by atoms with Crippen molar-refractivity contribution in [2.24, 2.45) is 0 Å². The number of fused-ring (bicyclic) bond motifs is 1. The standard InChI is InChI=1S/C25H24N4O7/c1-28-23(14-6-5-9-26-13-14)22(16-11-20(35-3)21(36-4)12-17(16)25(28)31)24(30)27-18-10-15(29(32)33)7-8-19(18)34-2/h5-13,22-23H,1-4H3,(H,27,30)/t22-,23-/m1/s1. The van der Waals surface area contributed by atoms with E-state index in [9.17, 15) is 19.7 Å². The van der Waals surface area contributed by atoms with Crippen LogP contribution in [0.4, 0.5) is 11.4 Å². The summed E-state index contributed by atoms with van der Waals surface area (Å²) in [5.74, 6) is -0.788. The summed E-state index contributed by atoms with van der Waals surface area (Å²) in [4.78, 5) is 43.7. The van der Waals surface area contributed by atoms with Gasteiger partial charge in [0.25, 0.3) is 11.6 Å². The fraction of sp³-hybridized carbons (Fsp3) is 0.240. The van der Waals surface area contributed by atoms with Crippen LogP contribution in [0.1, 0.15) is 33.4 Å². The molecule has 11 heteroatoms. The van der Waals surface area contributed by atoms with Crippen molar-refractivity contribution in [1.29, 1.82) is 0 Å². The number of nitro groups is 1. The summed E-state index contributed by atoms with van der Waals surface area (Å²) in [5, 5.41) is 14.1. The molecule has 1 aromatic heterocycles. The monoisotopic (exact) mass is 492 g/mol. The van der Waals surface area contributed by atoms with Crippen molar-refractivity contribution in [1.82, 2.24) is 9.88 Å². The number of likely N-dealkylation sites (N-methyl/N-ethyl adjacent to an activating group) is 1. The molecule has 0 bridgehead atoms. The van der Waals surface area contributed by atoms with Crippen molar-refractivity contribution < 1.29 is 28.7 Å². The summed E-state index contributed by atoms with van der Waals surface area (Å²) in [7, 11) is 5.92. The molecule has 1 aliphatic rings. The molecule has 0 saturated carbocycles. The maximum Gasteiger partial charge on any atom is 0.271 e. The normalized spacial score (nSPS) is 16.7. The highest BCUT2D eigenvalue weighted by Gasteiger charge is 2.44. The number of benzene rings is 2. The van der Waals surface area contributed by atoms with Crippen LogP contribution < -0.4 is 19.5 Å². The Labute approximate surface area is 206 Å². The predicted octanol–water partition coefficient (Wildman–Crippen LogP) is 3.56. The highest BCUT2D eigenvalue weighted by Crippen LogP contribution is 2.46. The van der Waals surface area contributed by atoms with Gasteiger partial charge in [0, 0.05) is 37.1 Å². The zero-order chi connectivity index (χ0) is 26.0. The van der Waals surface area contributed by atoms with Crippen molar-refractivity contribution in [3.05, 3.63) is 81.7 Å². The molecule has 11 nitrogen and oxygen atoms in total. The molecule has 36 heavy (non-hydrogen) atoms. The van der Waals surface area contributed by atoms with Crippen LogP contribution in [0, 0.1) is 10.1 Å².